The Morgan fingerprint density at radius 2 is 2.19 bits per heavy atom. The number of hydrogen-bond donors (Lipinski definition) is 1. The lowest BCUT2D eigenvalue weighted by atomic mass is 10.1. The number of halogens is 1. The van der Waals surface area contributed by atoms with Gasteiger partial charge >= 0.3 is 0 Å². The van der Waals surface area contributed by atoms with Crippen molar-refractivity contribution in [3.8, 4) is 0 Å². The van der Waals surface area contributed by atoms with Crippen molar-refractivity contribution in [2.45, 2.75) is 19.9 Å². The average molecular weight is 224 g/mol. The molecule has 1 aromatic rings. The van der Waals surface area contributed by atoms with E-state index in [0.29, 0.717) is 17.7 Å². The van der Waals surface area contributed by atoms with Gasteiger partial charge in [0, 0.05) is 25.2 Å². The highest BCUT2D eigenvalue weighted by Crippen LogP contribution is 2.12. The molecule has 16 heavy (non-hydrogen) atoms. The molecule has 88 valence electrons. The van der Waals surface area contributed by atoms with Crippen LogP contribution in [0, 0.1) is 12.7 Å². The Bertz CT molecular complexity index is 391. The topological polar surface area (TPSA) is 46.3 Å². The fourth-order valence-corrected chi connectivity index (χ4v) is 1.59. The molecule has 0 aliphatic rings. The summed E-state index contributed by atoms with van der Waals surface area (Å²) in [6.07, 6.45) is 0. The van der Waals surface area contributed by atoms with E-state index in [0.717, 1.165) is 0 Å². The van der Waals surface area contributed by atoms with Gasteiger partial charge in [-0.1, -0.05) is 0 Å². The first kappa shape index (κ1) is 12.6. The molecule has 0 radical (unpaired) electrons. The van der Waals surface area contributed by atoms with Crippen LogP contribution in [0.4, 0.5) is 4.39 Å². The second-order valence-electron chi connectivity index (χ2n) is 4.12. The molecule has 2 N–H and O–H groups in total. The molecule has 0 saturated heterocycles. The van der Waals surface area contributed by atoms with Gasteiger partial charge in [0.2, 0.25) is 0 Å². The maximum atomic E-state index is 12.9. The Kier molecular flexibility index (Phi) is 4.01. The molecule has 0 fully saturated rings. The fourth-order valence-electron chi connectivity index (χ4n) is 1.59. The van der Waals surface area contributed by atoms with Crippen molar-refractivity contribution in [1.29, 1.82) is 0 Å². The Labute approximate surface area is 95.0 Å². The lowest BCUT2D eigenvalue weighted by Crippen LogP contribution is -2.37. The molecule has 1 rings (SSSR count). The Hall–Kier alpha value is -1.42. The predicted molar refractivity (Wildman–Crippen MR) is 61.7 cm³/mol. The number of likely N-dealkylation sites (N-methyl/N-ethyl adjacent to an activating group) is 1. The summed E-state index contributed by atoms with van der Waals surface area (Å²) in [5, 5.41) is 0. The van der Waals surface area contributed by atoms with Gasteiger partial charge in [0.25, 0.3) is 5.91 Å². The molecule has 0 heterocycles. The van der Waals surface area contributed by atoms with E-state index < -0.39 is 0 Å². The van der Waals surface area contributed by atoms with E-state index in [2.05, 4.69) is 0 Å². The minimum absolute atomic E-state index is 0.0743. The summed E-state index contributed by atoms with van der Waals surface area (Å²) in [6.45, 7) is 4.03. The zero-order valence-electron chi connectivity index (χ0n) is 9.83. The largest absolute Gasteiger partial charge is 0.340 e. The van der Waals surface area contributed by atoms with Crippen LogP contribution in [-0.4, -0.2) is 30.4 Å². The highest BCUT2D eigenvalue weighted by molar-refractivity contribution is 5.95. The second kappa shape index (κ2) is 5.07. The number of aryl methyl sites for hydroxylation is 1. The number of carbonyl (C=O) groups is 1. The maximum absolute atomic E-state index is 12.9. The summed E-state index contributed by atoms with van der Waals surface area (Å²) < 4.78 is 12.9. The molecule has 1 aromatic carbocycles. The first-order valence-corrected chi connectivity index (χ1v) is 5.19. The van der Waals surface area contributed by atoms with Crippen molar-refractivity contribution in [2.24, 2.45) is 5.73 Å². The van der Waals surface area contributed by atoms with Gasteiger partial charge in [-0.25, -0.2) is 4.39 Å². The smallest absolute Gasteiger partial charge is 0.253 e. The minimum atomic E-state index is -0.330. The first-order valence-electron chi connectivity index (χ1n) is 5.19. The monoisotopic (exact) mass is 224 g/mol. The van der Waals surface area contributed by atoms with Crippen LogP contribution in [-0.2, 0) is 0 Å². The highest BCUT2D eigenvalue weighted by Gasteiger charge is 2.15. The van der Waals surface area contributed by atoms with Crippen molar-refractivity contribution in [1.82, 2.24) is 4.90 Å². The van der Waals surface area contributed by atoms with E-state index in [9.17, 15) is 9.18 Å². The zero-order valence-corrected chi connectivity index (χ0v) is 9.83. The number of nitrogens with two attached hydrogens (primary N) is 1. The summed E-state index contributed by atoms with van der Waals surface area (Å²) in [7, 11) is 1.69. The fraction of sp³-hybridized carbons (Fsp3) is 0.417. The lowest BCUT2D eigenvalue weighted by Gasteiger charge is -2.20. The van der Waals surface area contributed by atoms with Gasteiger partial charge < -0.3 is 10.6 Å². The molecule has 1 atom stereocenters. The quantitative estimate of drug-likeness (QED) is 0.846. The van der Waals surface area contributed by atoms with Crippen LogP contribution in [0.2, 0.25) is 0 Å². The van der Waals surface area contributed by atoms with Gasteiger partial charge in [0.15, 0.2) is 0 Å². The molecule has 0 aliphatic heterocycles. The van der Waals surface area contributed by atoms with Crippen LogP contribution in [0.25, 0.3) is 0 Å². The van der Waals surface area contributed by atoms with Crippen molar-refractivity contribution in [3.05, 3.63) is 35.1 Å². The molecule has 3 nitrogen and oxygen atoms in total. The highest BCUT2D eigenvalue weighted by atomic mass is 19.1. The lowest BCUT2D eigenvalue weighted by molar-refractivity contribution is 0.0788. The van der Waals surface area contributed by atoms with Gasteiger partial charge in [-0.05, 0) is 37.6 Å². The number of benzene rings is 1. The van der Waals surface area contributed by atoms with Crippen LogP contribution in [0.5, 0.6) is 0 Å². The number of rotatable bonds is 3. The molecular formula is C12H17FN2O. The summed E-state index contributed by atoms with van der Waals surface area (Å²) in [4.78, 5) is 13.5. The van der Waals surface area contributed by atoms with Gasteiger partial charge in [-0.2, -0.15) is 0 Å². The van der Waals surface area contributed by atoms with Gasteiger partial charge in [-0.3, -0.25) is 4.79 Å². The van der Waals surface area contributed by atoms with Crippen LogP contribution in [0.1, 0.15) is 22.8 Å². The van der Waals surface area contributed by atoms with E-state index in [1.165, 1.54) is 18.2 Å². The minimum Gasteiger partial charge on any atom is -0.340 e. The van der Waals surface area contributed by atoms with Crippen molar-refractivity contribution < 1.29 is 9.18 Å². The number of amides is 1. The summed E-state index contributed by atoms with van der Waals surface area (Å²) in [5.74, 6) is -0.460. The molecule has 0 aromatic heterocycles. The normalized spacial score (nSPS) is 12.3. The third-order valence-corrected chi connectivity index (χ3v) is 2.33. The standard InChI is InChI=1S/C12H17FN2O/c1-8-6-10(13)4-5-11(8)12(16)15(3)7-9(2)14/h4-6,9H,7,14H2,1-3H3. The van der Waals surface area contributed by atoms with Gasteiger partial charge in [-0.15, -0.1) is 0 Å². The van der Waals surface area contributed by atoms with Crippen molar-refractivity contribution >= 4 is 5.91 Å². The average Bonchev–Trinajstić information content (AvgIpc) is 2.15. The Morgan fingerprint density at radius 1 is 1.56 bits per heavy atom. The number of hydrogen-bond acceptors (Lipinski definition) is 2. The third-order valence-electron chi connectivity index (χ3n) is 2.33. The van der Waals surface area contributed by atoms with Gasteiger partial charge in [0.05, 0.1) is 0 Å². The van der Waals surface area contributed by atoms with Crippen LogP contribution < -0.4 is 5.73 Å². The number of nitrogens with zero attached hydrogens (tertiary/aromatic N) is 1. The summed E-state index contributed by atoms with van der Waals surface area (Å²) >= 11 is 0. The van der Waals surface area contributed by atoms with E-state index in [-0.39, 0.29) is 17.8 Å². The van der Waals surface area contributed by atoms with E-state index in [1.54, 1.807) is 18.9 Å². The predicted octanol–water partition coefficient (Wildman–Crippen LogP) is 1.55. The van der Waals surface area contributed by atoms with E-state index in [1.807, 2.05) is 6.92 Å². The molecular weight excluding hydrogens is 207 g/mol. The molecule has 0 bridgehead atoms. The second-order valence-corrected chi connectivity index (χ2v) is 4.12. The van der Waals surface area contributed by atoms with E-state index >= 15 is 0 Å². The Morgan fingerprint density at radius 3 is 2.69 bits per heavy atom. The third kappa shape index (κ3) is 3.03. The van der Waals surface area contributed by atoms with Crippen molar-refractivity contribution in [3.63, 3.8) is 0 Å². The molecule has 0 saturated carbocycles. The molecule has 4 heteroatoms. The SMILES string of the molecule is Cc1cc(F)ccc1C(=O)N(C)CC(C)N. The Balaban J connectivity index is 2.88. The summed E-state index contributed by atoms with van der Waals surface area (Å²) in [5.41, 5.74) is 6.78. The molecule has 1 amide bonds. The first-order chi connectivity index (χ1) is 7.41. The van der Waals surface area contributed by atoms with Crippen LogP contribution in [0.15, 0.2) is 18.2 Å². The van der Waals surface area contributed by atoms with Crippen LogP contribution in [0.3, 0.4) is 0 Å². The van der Waals surface area contributed by atoms with E-state index in [4.69, 9.17) is 5.73 Å². The summed E-state index contributed by atoms with van der Waals surface area (Å²) in [6, 6.07) is 4.08. The number of carbonyl (C=O) groups excluding carboxylic acids is 1. The maximum Gasteiger partial charge on any atom is 0.253 e. The van der Waals surface area contributed by atoms with Crippen LogP contribution >= 0.6 is 0 Å². The zero-order chi connectivity index (χ0) is 12.3. The van der Waals surface area contributed by atoms with Gasteiger partial charge in [0.1, 0.15) is 5.82 Å². The molecule has 1 unspecified atom stereocenters. The molecule has 0 spiro atoms. The molecule has 0 aliphatic carbocycles. The van der Waals surface area contributed by atoms with Crippen molar-refractivity contribution in [2.75, 3.05) is 13.6 Å².